The molecule has 0 aliphatic heterocycles. The van der Waals surface area contributed by atoms with Crippen molar-refractivity contribution in [3.63, 3.8) is 0 Å². The van der Waals surface area contributed by atoms with Crippen LogP contribution in [0, 0.1) is 0 Å². The molecular formula is C20H34O3. The van der Waals surface area contributed by atoms with Crippen molar-refractivity contribution in [3.8, 4) is 0 Å². The van der Waals surface area contributed by atoms with Crippen LogP contribution >= 0.6 is 0 Å². The van der Waals surface area contributed by atoms with Crippen molar-refractivity contribution >= 4 is 0 Å². The molecule has 1 rings (SSSR count). The van der Waals surface area contributed by atoms with Gasteiger partial charge in [-0.3, -0.25) is 0 Å². The van der Waals surface area contributed by atoms with Crippen LogP contribution in [0.25, 0.3) is 0 Å². The lowest BCUT2D eigenvalue weighted by Gasteiger charge is -2.37. The first-order chi connectivity index (χ1) is 11.2. The molecule has 0 spiro atoms. The Morgan fingerprint density at radius 2 is 1.61 bits per heavy atom. The fourth-order valence-electron chi connectivity index (χ4n) is 2.92. The van der Waals surface area contributed by atoms with E-state index in [1.807, 2.05) is 30.3 Å². The fraction of sp³-hybridized carbons (Fsp3) is 0.700. The van der Waals surface area contributed by atoms with Gasteiger partial charge in [0, 0.05) is 12.7 Å². The Hall–Kier alpha value is -0.900. The molecule has 23 heavy (non-hydrogen) atoms. The van der Waals surface area contributed by atoms with Gasteiger partial charge in [0.05, 0.1) is 6.61 Å². The second kappa shape index (κ2) is 11.6. The van der Waals surface area contributed by atoms with Gasteiger partial charge < -0.3 is 14.6 Å². The average Bonchev–Trinajstić information content (AvgIpc) is 2.60. The predicted molar refractivity (Wildman–Crippen MR) is 95.4 cm³/mol. The molecule has 2 atom stereocenters. The second-order valence-electron chi connectivity index (χ2n) is 6.16. The highest BCUT2D eigenvalue weighted by Gasteiger charge is 2.40. The summed E-state index contributed by atoms with van der Waals surface area (Å²) in [5.74, 6) is -1.05. The topological polar surface area (TPSA) is 38.7 Å². The molecule has 3 nitrogen and oxygen atoms in total. The summed E-state index contributed by atoms with van der Waals surface area (Å²) in [4.78, 5) is 0. The van der Waals surface area contributed by atoms with E-state index in [-0.39, 0.29) is 0 Å². The zero-order valence-corrected chi connectivity index (χ0v) is 15.1. The van der Waals surface area contributed by atoms with Crippen molar-refractivity contribution in [2.24, 2.45) is 0 Å². The zero-order chi connectivity index (χ0) is 17.0. The first-order valence-corrected chi connectivity index (χ1v) is 9.14. The van der Waals surface area contributed by atoms with Crippen LogP contribution in [0.1, 0.15) is 70.8 Å². The number of benzene rings is 1. The van der Waals surface area contributed by atoms with Crippen LogP contribution in [0.4, 0.5) is 0 Å². The molecule has 0 heterocycles. The summed E-state index contributed by atoms with van der Waals surface area (Å²) in [6.45, 7) is 4.85. The summed E-state index contributed by atoms with van der Waals surface area (Å²) in [6.07, 6.45) is 8.16. The van der Waals surface area contributed by atoms with E-state index in [1.54, 1.807) is 7.11 Å². The lowest BCUT2D eigenvalue weighted by molar-refractivity contribution is -0.283. The minimum atomic E-state index is -1.05. The van der Waals surface area contributed by atoms with E-state index in [4.69, 9.17) is 9.47 Å². The van der Waals surface area contributed by atoms with Crippen molar-refractivity contribution in [2.75, 3.05) is 13.7 Å². The van der Waals surface area contributed by atoms with Crippen LogP contribution in [0.15, 0.2) is 30.3 Å². The highest BCUT2D eigenvalue weighted by molar-refractivity contribution is 5.21. The minimum Gasteiger partial charge on any atom is -0.387 e. The van der Waals surface area contributed by atoms with Crippen LogP contribution in [-0.2, 0) is 15.3 Å². The molecule has 0 saturated carbocycles. The number of aliphatic hydroxyl groups is 1. The zero-order valence-electron chi connectivity index (χ0n) is 15.1. The highest BCUT2D eigenvalue weighted by Crippen LogP contribution is 2.33. The van der Waals surface area contributed by atoms with Crippen LogP contribution < -0.4 is 0 Å². The molecule has 3 heteroatoms. The fourth-order valence-corrected chi connectivity index (χ4v) is 2.92. The number of hydrogen-bond donors (Lipinski definition) is 1. The molecule has 0 fully saturated rings. The van der Waals surface area contributed by atoms with Crippen LogP contribution in [0.2, 0.25) is 0 Å². The van der Waals surface area contributed by atoms with Gasteiger partial charge in [0.15, 0.2) is 0 Å². The number of methoxy groups -OCH3 is 1. The van der Waals surface area contributed by atoms with E-state index in [0.29, 0.717) is 13.0 Å². The first kappa shape index (κ1) is 20.1. The highest BCUT2D eigenvalue weighted by atomic mass is 16.7. The summed E-state index contributed by atoms with van der Waals surface area (Å²) in [5, 5.41) is 10.8. The minimum absolute atomic E-state index is 0.566. The lowest BCUT2D eigenvalue weighted by Crippen LogP contribution is -2.44. The smallest absolute Gasteiger partial charge is 0.221 e. The number of rotatable bonds is 13. The number of hydrogen-bond acceptors (Lipinski definition) is 3. The van der Waals surface area contributed by atoms with Crippen molar-refractivity contribution in [1.82, 2.24) is 0 Å². The van der Waals surface area contributed by atoms with Crippen molar-refractivity contribution in [1.29, 1.82) is 0 Å². The molecule has 1 N–H and O–H groups in total. The maximum absolute atomic E-state index is 10.8. The largest absolute Gasteiger partial charge is 0.387 e. The molecule has 0 aromatic heterocycles. The molecule has 2 unspecified atom stereocenters. The third kappa shape index (κ3) is 6.25. The number of aliphatic hydroxyl groups excluding tert-OH is 1. The van der Waals surface area contributed by atoms with E-state index < -0.39 is 11.9 Å². The van der Waals surface area contributed by atoms with Crippen molar-refractivity contribution in [3.05, 3.63) is 35.9 Å². The Kier molecular flexibility index (Phi) is 10.2. The SMILES string of the molecule is CCCCCCCCC(O)C(OC)(OCCC)c1ccccc1. The molecule has 0 aliphatic rings. The van der Waals surface area contributed by atoms with Crippen LogP contribution in [-0.4, -0.2) is 24.9 Å². The summed E-state index contributed by atoms with van der Waals surface area (Å²) < 4.78 is 11.7. The third-order valence-corrected chi connectivity index (χ3v) is 4.27. The van der Waals surface area contributed by atoms with Gasteiger partial charge in [-0.1, -0.05) is 82.7 Å². The summed E-state index contributed by atoms with van der Waals surface area (Å²) in [6, 6.07) is 9.79. The van der Waals surface area contributed by atoms with Gasteiger partial charge >= 0.3 is 0 Å². The van der Waals surface area contributed by atoms with Gasteiger partial charge in [0.1, 0.15) is 6.10 Å². The van der Waals surface area contributed by atoms with E-state index in [0.717, 1.165) is 24.8 Å². The Balaban J connectivity index is 2.67. The molecule has 0 amide bonds. The van der Waals surface area contributed by atoms with Gasteiger partial charge in [0.25, 0.3) is 0 Å². The summed E-state index contributed by atoms with van der Waals surface area (Å²) >= 11 is 0. The molecular weight excluding hydrogens is 288 g/mol. The maximum atomic E-state index is 10.8. The quantitative estimate of drug-likeness (QED) is 0.409. The normalized spacial score (nSPS) is 15.3. The third-order valence-electron chi connectivity index (χ3n) is 4.27. The second-order valence-corrected chi connectivity index (χ2v) is 6.16. The molecule has 0 saturated heterocycles. The predicted octanol–water partition coefficient (Wildman–Crippen LogP) is 5.02. The first-order valence-electron chi connectivity index (χ1n) is 9.14. The Labute approximate surface area is 142 Å². The van der Waals surface area contributed by atoms with E-state index >= 15 is 0 Å². The summed E-state index contributed by atoms with van der Waals surface area (Å²) in [7, 11) is 1.62. The monoisotopic (exact) mass is 322 g/mol. The maximum Gasteiger partial charge on any atom is 0.221 e. The standard InChI is InChI=1S/C20H34O3/c1-4-6-7-8-9-13-16-19(21)20(22-3,23-17-5-2)18-14-11-10-12-15-18/h10-12,14-15,19,21H,4-9,13,16-17H2,1-3H3. The van der Waals surface area contributed by atoms with Crippen molar-refractivity contribution < 1.29 is 14.6 Å². The van der Waals surface area contributed by atoms with E-state index in [2.05, 4.69) is 13.8 Å². The van der Waals surface area contributed by atoms with Gasteiger partial charge in [-0.15, -0.1) is 0 Å². The van der Waals surface area contributed by atoms with Crippen LogP contribution in [0.5, 0.6) is 0 Å². The number of unbranched alkanes of at least 4 members (excludes halogenated alkanes) is 5. The Morgan fingerprint density at radius 3 is 2.22 bits per heavy atom. The van der Waals surface area contributed by atoms with Gasteiger partial charge in [-0.05, 0) is 12.8 Å². The summed E-state index contributed by atoms with van der Waals surface area (Å²) in [5.41, 5.74) is 0.884. The molecule has 132 valence electrons. The lowest BCUT2D eigenvalue weighted by atomic mass is 9.95. The number of ether oxygens (including phenoxy) is 2. The Morgan fingerprint density at radius 1 is 0.957 bits per heavy atom. The Bertz CT molecular complexity index is 393. The van der Waals surface area contributed by atoms with Gasteiger partial charge in [0.2, 0.25) is 5.79 Å². The van der Waals surface area contributed by atoms with Gasteiger partial charge in [-0.2, -0.15) is 0 Å². The average molecular weight is 322 g/mol. The van der Waals surface area contributed by atoms with Crippen molar-refractivity contribution in [2.45, 2.75) is 77.1 Å². The molecule has 1 aromatic carbocycles. The molecule has 0 radical (unpaired) electrons. The van der Waals surface area contributed by atoms with Crippen LogP contribution in [0.3, 0.4) is 0 Å². The molecule has 1 aromatic rings. The molecule has 0 aliphatic carbocycles. The van der Waals surface area contributed by atoms with Gasteiger partial charge in [-0.25, -0.2) is 0 Å². The van der Waals surface area contributed by atoms with E-state index in [1.165, 1.54) is 25.7 Å². The van der Waals surface area contributed by atoms with E-state index in [9.17, 15) is 5.11 Å². The molecule has 0 bridgehead atoms.